The smallest absolute Gasteiger partial charge is 0.744 e. The second-order valence-electron chi connectivity index (χ2n) is 5.72. The summed E-state index contributed by atoms with van der Waals surface area (Å²) in [5.74, 6) is 0. The van der Waals surface area contributed by atoms with Gasteiger partial charge in [-0.2, -0.15) is 0 Å². The monoisotopic (exact) mass is 358 g/mol. The summed E-state index contributed by atoms with van der Waals surface area (Å²) in [4.78, 5) is -0.0746. The number of fused-ring (bicyclic) bond motifs is 1. The normalized spacial score (nSPS) is 11.4. The molecular formula is C18H23KO3S. The van der Waals surface area contributed by atoms with Gasteiger partial charge in [-0.25, -0.2) is 8.42 Å². The van der Waals surface area contributed by atoms with Gasteiger partial charge in [0.05, 0.1) is 4.90 Å². The van der Waals surface area contributed by atoms with E-state index in [0.717, 1.165) is 49.5 Å². The number of unbranched alkanes of at least 4 members (excludes halogenated alkanes) is 2. The Morgan fingerprint density at radius 2 is 1.61 bits per heavy atom. The van der Waals surface area contributed by atoms with Gasteiger partial charge in [-0.1, -0.05) is 51.0 Å². The molecule has 2 aromatic rings. The maximum absolute atomic E-state index is 11.6. The van der Waals surface area contributed by atoms with Crippen LogP contribution in [-0.2, 0) is 23.0 Å². The standard InChI is InChI=1S/C18H24O3S.K/c1-3-5-8-14-12-13-15-9-7-11-17(22(19,20)21)18(15)16(14)10-6-4-2;/h7,9,11-13H,3-6,8,10H2,1-2H3,(H,19,20,21);/q;+1/p-1. The summed E-state index contributed by atoms with van der Waals surface area (Å²) in [5.41, 5.74) is 2.22. The van der Waals surface area contributed by atoms with Crippen LogP contribution in [0, 0.1) is 0 Å². The number of hydrogen-bond acceptors (Lipinski definition) is 3. The Morgan fingerprint density at radius 3 is 2.22 bits per heavy atom. The van der Waals surface area contributed by atoms with Crippen molar-refractivity contribution in [3.63, 3.8) is 0 Å². The first-order chi connectivity index (χ1) is 10.5. The predicted molar refractivity (Wildman–Crippen MR) is 89.1 cm³/mol. The number of aryl methyl sites for hydroxylation is 2. The molecule has 0 aliphatic rings. The van der Waals surface area contributed by atoms with Crippen molar-refractivity contribution < 1.29 is 64.4 Å². The molecule has 0 spiro atoms. The predicted octanol–water partition coefficient (Wildman–Crippen LogP) is 1.43. The van der Waals surface area contributed by atoms with Crippen molar-refractivity contribution in [2.24, 2.45) is 0 Å². The van der Waals surface area contributed by atoms with Gasteiger partial charge in [0.15, 0.2) is 0 Å². The first kappa shape index (κ1) is 21.3. The number of hydrogen-bond donors (Lipinski definition) is 0. The third kappa shape index (κ3) is 5.36. The zero-order valence-corrected chi connectivity index (χ0v) is 18.2. The maximum Gasteiger partial charge on any atom is 1.00 e. The summed E-state index contributed by atoms with van der Waals surface area (Å²) in [7, 11) is -4.46. The average molecular weight is 359 g/mol. The van der Waals surface area contributed by atoms with E-state index in [1.807, 2.05) is 12.1 Å². The molecule has 0 aliphatic carbocycles. The van der Waals surface area contributed by atoms with E-state index in [9.17, 15) is 13.0 Å². The topological polar surface area (TPSA) is 57.2 Å². The van der Waals surface area contributed by atoms with Crippen LogP contribution in [0.1, 0.15) is 50.7 Å². The number of rotatable bonds is 7. The fraction of sp³-hybridized carbons (Fsp3) is 0.444. The summed E-state index contributed by atoms with van der Waals surface area (Å²) in [6, 6.07) is 8.98. The Bertz CT molecular complexity index is 754. The molecule has 5 heteroatoms. The van der Waals surface area contributed by atoms with Crippen LogP contribution in [0.2, 0.25) is 0 Å². The summed E-state index contributed by atoms with van der Waals surface area (Å²) >= 11 is 0. The van der Waals surface area contributed by atoms with Gasteiger partial charge in [-0.05, 0) is 48.3 Å². The molecular weight excluding hydrogens is 335 g/mol. The average Bonchev–Trinajstić information content (AvgIpc) is 2.49. The number of benzene rings is 2. The fourth-order valence-electron chi connectivity index (χ4n) is 2.91. The van der Waals surface area contributed by atoms with E-state index in [2.05, 4.69) is 19.9 Å². The van der Waals surface area contributed by atoms with Crippen molar-refractivity contribution in [2.45, 2.75) is 57.3 Å². The molecule has 0 heterocycles. The second-order valence-corrected chi connectivity index (χ2v) is 7.07. The zero-order valence-electron chi connectivity index (χ0n) is 14.3. The maximum atomic E-state index is 11.6. The van der Waals surface area contributed by atoms with E-state index < -0.39 is 10.1 Å². The Labute approximate surface area is 182 Å². The summed E-state index contributed by atoms with van der Waals surface area (Å²) in [6.07, 6.45) is 5.93. The Kier molecular flexibility index (Phi) is 8.94. The fourth-order valence-corrected chi connectivity index (χ4v) is 3.65. The molecule has 0 unspecified atom stereocenters. The van der Waals surface area contributed by atoms with Crippen LogP contribution in [0.5, 0.6) is 0 Å². The molecule has 120 valence electrons. The zero-order chi connectivity index (χ0) is 16.2. The van der Waals surface area contributed by atoms with Crippen molar-refractivity contribution >= 4 is 20.9 Å². The molecule has 0 N–H and O–H groups in total. The molecule has 0 saturated carbocycles. The molecule has 0 saturated heterocycles. The van der Waals surface area contributed by atoms with Gasteiger partial charge in [-0.15, -0.1) is 0 Å². The minimum absolute atomic E-state index is 0. The molecule has 0 fully saturated rings. The Morgan fingerprint density at radius 1 is 0.957 bits per heavy atom. The van der Waals surface area contributed by atoms with Gasteiger partial charge in [0, 0.05) is 5.39 Å². The molecule has 0 aromatic heterocycles. The molecule has 0 atom stereocenters. The van der Waals surface area contributed by atoms with Crippen LogP contribution in [0.4, 0.5) is 0 Å². The van der Waals surface area contributed by atoms with Crippen LogP contribution in [0.15, 0.2) is 35.2 Å². The third-order valence-corrected chi connectivity index (χ3v) is 4.94. The SMILES string of the molecule is CCCCc1ccc2cccc(S(=O)(=O)[O-])c2c1CCCC.[K+]. The van der Waals surface area contributed by atoms with E-state index in [1.165, 1.54) is 11.6 Å². The molecule has 0 radical (unpaired) electrons. The van der Waals surface area contributed by atoms with E-state index >= 15 is 0 Å². The van der Waals surface area contributed by atoms with Gasteiger partial charge < -0.3 is 4.55 Å². The largest absolute Gasteiger partial charge is 1.00 e. The van der Waals surface area contributed by atoms with Gasteiger partial charge in [0.2, 0.25) is 0 Å². The molecule has 2 rings (SSSR count). The van der Waals surface area contributed by atoms with Crippen molar-refractivity contribution in [1.82, 2.24) is 0 Å². The molecule has 0 aliphatic heterocycles. The van der Waals surface area contributed by atoms with E-state index in [1.54, 1.807) is 6.07 Å². The quantitative estimate of drug-likeness (QED) is 0.556. The van der Waals surface area contributed by atoms with Crippen LogP contribution >= 0.6 is 0 Å². The summed E-state index contributed by atoms with van der Waals surface area (Å²) in [6.45, 7) is 4.25. The van der Waals surface area contributed by atoms with E-state index in [-0.39, 0.29) is 56.3 Å². The molecule has 3 nitrogen and oxygen atoms in total. The molecule has 0 amide bonds. The minimum Gasteiger partial charge on any atom is -0.744 e. The Hall–Kier alpha value is 0.246. The third-order valence-electron chi connectivity index (χ3n) is 4.06. The van der Waals surface area contributed by atoms with E-state index in [4.69, 9.17) is 0 Å². The van der Waals surface area contributed by atoms with Gasteiger partial charge in [0.1, 0.15) is 10.1 Å². The first-order valence-electron chi connectivity index (χ1n) is 7.98. The van der Waals surface area contributed by atoms with Gasteiger partial charge in [-0.3, -0.25) is 0 Å². The van der Waals surface area contributed by atoms with Crippen molar-refractivity contribution in [1.29, 1.82) is 0 Å². The van der Waals surface area contributed by atoms with Crippen molar-refractivity contribution in [2.75, 3.05) is 0 Å². The van der Waals surface area contributed by atoms with Gasteiger partial charge >= 0.3 is 51.4 Å². The van der Waals surface area contributed by atoms with Crippen LogP contribution in [0.3, 0.4) is 0 Å². The second kappa shape index (κ2) is 9.66. The summed E-state index contributed by atoms with van der Waals surface area (Å²) in [5, 5.41) is 1.47. The van der Waals surface area contributed by atoms with Gasteiger partial charge in [0.25, 0.3) is 0 Å². The molecule has 2 aromatic carbocycles. The first-order valence-corrected chi connectivity index (χ1v) is 9.39. The molecule has 23 heavy (non-hydrogen) atoms. The summed E-state index contributed by atoms with van der Waals surface area (Å²) < 4.78 is 34.9. The van der Waals surface area contributed by atoms with Crippen molar-refractivity contribution in [3.8, 4) is 0 Å². The van der Waals surface area contributed by atoms with Crippen molar-refractivity contribution in [3.05, 3.63) is 41.5 Å². The minimum atomic E-state index is -4.46. The van der Waals surface area contributed by atoms with Crippen LogP contribution in [0.25, 0.3) is 10.8 Å². The van der Waals surface area contributed by atoms with E-state index in [0.29, 0.717) is 5.39 Å². The molecule has 0 bridgehead atoms. The van der Waals surface area contributed by atoms with Crippen LogP contribution in [-0.4, -0.2) is 13.0 Å². The Balaban J connectivity index is 0.00000264. The van der Waals surface area contributed by atoms with Crippen LogP contribution < -0.4 is 51.4 Å².